The van der Waals surface area contributed by atoms with E-state index in [9.17, 15) is 5.11 Å². The lowest BCUT2D eigenvalue weighted by atomic mass is 10.1. The number of nitrogens with zero attached hydrogens (tertiary/aromatic N) is 1. The Morgan fingerprint density at radius 1 is 1.11 bits per heavy atom. The van der Waals surface area contributed by atoms with Gasteiger partial charge in [0.05, 0.1) is 12.8 Å². The maximum absolute atomic E-state index is 9.42. The predicted molar refractivity (Wildman–Crippen MR) is 73.3 cm³/mol. The zero-order valence-electron chi connectivity index (χ0n) is 9.75. The summed E-state index contributed by atoms with van der Waals surface area (Å²) in [5, 5.41) is 14.2. The van der Waals surface area contributed by atoms with Gasteiger partial charge < -0.3 is 9.84 Å². The van der Waals surface area contributed by atoms with Crippen LogP contribution in [-0.4, -0.2) is 17.2 Å². The lowest BCUT2D eigenvalue weighted by molar-refractivity contribution is 0.412. The summed E-state index contributed by atoms with van der Waals surface area (Å²) in [6.45, 7) is 0. The number of phenols is 1. The highest BCUT2D eigenvalue weighted by Crippen LogP contribution is 2.29. The van der Waals surface area contributed by atoms with E-state index in [-0.39, 0.29) is 5.75 Å². The Morgan fingerprint density at radius 3 is 2.67 bits per heavy atom. The molecule has 0 spiro atoms. The van der Waals surface area contributed by atoms with Gasteiger partial charge in [-0.15, -0.1) is 0 Å². The molecule has 0 radical (unpaired) electrons. The molecule has 90 valence electrons. The fraction of sp³-hybridized carbons (Fsp3) is 0.0714. The zero-order valence-corrected chi connectivity index (χ0v) is 10.6. The lowest BCUT2D eigenvalue weighted by Gasteiger charge is -2.02. The van der Waals surface area contributed by atoms with Gasteiger partial charge in [0.2, 0.25) is 0 Å². The molecular formula is C14H11NO2S. The summed E-state index contributed by atoms with van der Waals surface area (Å²) in [7, 11) is 1.62. The molecule has 1 aromatic heterocycles. The summed E-state index contributed by atoms with van der Waals surface area (Å²) in [6.07, 6.45) is 0. The highest BCUT2D eigenvalue weighted by atomic mass is 32.1. The SMILES string of the molecule is COc1nc(-c2ccc3cc(O)ccc3c2)cs1. The number of methoxy groups -OCH3 is 1. The lowest BCUT2D eigenvalue weighted by Crippen LogP contribution is -1.82. The van der Waals surface area contributed by atoms with Gasteiger partial charge in [-0.3, -0.25) is 0 Å². The number of phenolic OH excluding ortho intramolecular Hbond substituents is 1. The van der Waals surface area contributed by atoms with Gasteiger partial charge in [0.15, 0.2) is 0 Å². The number of aromatic hydroxyl groups is 1. The van der Waals surface area contributed by atoms with Gasteiger partial charge in [0.25, 0.3) is 5.19 Å². The largest absolute Gasteiger partial charge is 0.508 e. The molecule has 3 aromatic rings. The average molecular weight is 257 g/mol. The van der Waals surface area contributed by atoms with Crippen molar-refractivity contribution in [2.75, 3.05) is 7.11 Å². The molecule has 4 heteroatoms. The highest BCUT2D eigenvalue weighted by Gasteiger charge is 2.05. The number of aromatic nitrogens is 1. The second-order valence-corrected chi connectivity index (χ2v) is 4.77. The Bertz CT molecular complexity index is 706. The molecule has 0 bridgehead atoms. The monoisotopic (exact) mass is 257 g/mol. The number of ether oxygens (including phenoxy) is 1. The first-order valence-electron chi connectivity index (χ1n) is 5.49. The molecule has 0 aliphatic carbocycles. The number of rotatable bonds is 2. The minimum absolute atomic E-state index is 0.283. The average Bonchev–Trinajstić information content (AvgIpc) is 2.87. The number of hydrogen-bond acceptors (Lipinski definition) is 4. The molecule has 1 N–H and O–H groups in total. The van der Waals surface area contributed by atoms with Gasteiger partial charge >= 0.3 is 0 Å². The van der Waals surface area contributed by atoms with Gasteiger partial charge in [-0.2, -0.15) is 0 Å². The van der Waals surface area contributed by atoms with Crippen molar-refractivity contribution in [1.29, 1.82) is 0 Å². The molecular weight excluding hydrogens is 246 g/mol. The van der Waals surface area contributed by atoms with E-state index in [1.807, 2.05) is 23.6 Å². The van der Waals surface area contributed by atoms with Crippen molar-refractivity contribution in [3.05, 3.63) is 41.8 Å². The second kappa shape index (κ2) is 4.31. The molecule has 0 saturated heterocycles. The molecule has 0 amide bonds. The third-order valence-corrected chi connectivity index (χ3v) is 3.58. The minimum Gasteiger partial charge on any atom is -0.508 e. The topological polar surface area (TPSA) is 42.4 Å². The van der Waals surface area contributed by atoms with Crippen molar-refractivity contribution < 1.29 is 9.84 Å². The molecule has 1 heterocycles. The van der Waals surface area contributed by atoms with E-state index in [0.717, 1.165) is 22.0 Å². The second-order valence-electron chi connectivity index (χ2n) is 3.95. The Balaban J connectivity index is 2.10. The van der Waals surface area contributed by atoms with Crippen LogP contribution in [0.5, 0.6) is 10.9 Å². The summed E-state index contributed by atoms with van der Waals surface area (Å²) in [6, 6.07) is 11.4. The molecule has 18 heavy (non-hydrogen) atoms. The van der Waals surface area contributed by atoms with E-state index in [0.29, 0.717) is 5.19 Å². The van der Waals surface area contributed by atoms with Crippen molar-refractivity contribution in [3.8, 4) is 22.2 Å². The molecule has 0 fully saturated rings. The van der Waals surface area contributed by atoms with Gasteiger partial charge in [-0.25, -0.2) is 4.98 Å². The number of hydrogen-bond donors (Lipinski definition) is 1. The third-order valence-electron chi connectivity index (χ3n) is 2.78. The maximum atomic E-state index is 9.42. The van der Waals surface area contributed by atoms with E-state index < -0.39 is 0 Å². The Labute approximate surface area is 108 Å². The summed E-state index contributed by atoms with van der Waals surface area (Å²) < 4.78 is 5.09. The van der Waals surface area contributed by atoms with E-state index >= 15 is 0 Å². The van der Waals surface area contributed by atoms with Crippen LogP contribution in [0.3, 0.4) is 0 Å². The molecule has 0 saturated carbocycles. The van der Waals surface area contributed by atoms with Crippen LogP contribution >= 0.6 is 11.3 Å². The third kappa shape index (κ3) is 1.91. The van der Waals surface area contributed by atoms with E-state index in [1.165, 1.54) is 11.3 Å². The van der Waals surface area contributed by atoms with E-state index in [2.05, 4.69) is 11.1 Å². The van der Waals surface area contributed by atoms with E-state index in [1.54, 1.807) is 19.2 Å². The number of fused-ring (bicyclic) bond motifs is 1. The van der Waals surface area contributed by atoms with E-state index in [4.69, 9.17) is 4.74 Å². The highest BCUT2D eigenvalue weighted by molar-refractivity contribution is 7.11. The van der Waals surface area contributed by atoms with Crippen LogP contribution in [0, 0.1) is 0 Å². The van der Waals surface area contributed by atoms with Crippen LogP contribution in [0.4, 0.5) is 0 Å². The Morgan fingerprint density at radius 2 is 1.89 bits per heavy atom. The number of benzene rings is 2. The van der Waals surface area contributed by atoms with Gasteiger partial charge in [-0.1, -0.05) is 29.5 Å². The van der Waals surface area contributed by atoms with Gasteiger partial charge in [0, 0.05) is 10.9 Å². The van der Waals surface area contributed by atoms with Crippen molar-refractivity contribution in [2.24, 2.45) is 0 Å². The maximum Gasteiger partial charge on any atom is 0.273 e. The first-order chi connectivity index (χ1) is 8.76. The summed E-state index contributed by atoms with van der Waals surface area (Å²) in [5.74, 6) is 0.283. The first-order valence-corrected chi connectivity index (χ1v) is 6.37. The van der Waals surface area contributed by atoms with Crippen molar-refractivity contribution >= 4 is 22.1 Å². The Kier molecular flexibility index (Phi) is 2.64. The normalized spacial score (nSPS) is 10.7. The predicted octanol–water partition coefficient (Wildman–Crippen LogP) is 3.68. The molecule has 0 atom stereocenters. The fourth-order valence-electron chi connectivity index (χ4n) is 1.88. The summed E-state index contributed by atoms with van der Waals surface area (Å²) in [4.78, 5) is 4.37. The van der Waals surface area contributed by atoms with Gasteiger partial charge in [-0.05, 0) is 29.0 Å². The van der Waals surface area contributed by atoms with Crippen LogP contribution in [0.15, 0.2) is 41.8 Å². The fourth-order valence-corrected chi connectivity index (χ4v) is 2.52. The van der Waals surface area contributed by atoms with Crippen molar-refractivity contribution in [2.45, 2.75) is 0 Å². The van der Waals surface area contributed by atoms with Crippen LogP contribution < -0.4 is 4.74 Å². The molecule has 0 unspecified atom stereocenters. The molecule has 3 nitrogen and oxygen atoms in total. The van der Waals surface area contributed by atoms with Crippen LogP contribution in [0.2, 0.25) is 0 Å². The minimum atomic E-state index is 0.283. The smallest absolute Gasteiger partial charge is 0.273 e. The quantitative estimate of drug-likeness (QED) is 0.761. The number of thiazole rings is 1. The van der Waals surface area contributed by atoms with Crippen LogP contribution in [0.25, 0.3) is 22.0 Å². The van der Waals surface area contributed by atoms with Crippen LogP contribution in [0.1, 0.15) is 0 Å². The van der Waals surface area contributed by atoms with Crippen LogP contribution in [-0.2, 0) is 0 Å². The summed E-state index contributed by atoms with van der Waals surface area (Å²) >= 11 is 1.48. The van der Waals surface area contributed by atoms with Crippen molar-refractivity contribution in [1.82, 2.24) is 4.98 Å². The Hall–Kier alpha value is -2.07. The molecule has 3 rings (SSSR count). The first kappa shape index (κ1) is 11.0. The molecule has 0 aliphatic rings. The van der Waals surface area contributed by atoms with Crippen molar-refractivity contribution in [3.63, 3.8) is 0 Å². The molecule has 2 aromatic carbocycles. The van der Waals surface area contributed by atoms with Gasteiger partial charge in [0.1, 0.15) is 5.75 Å². The molecule has 0 aliphatic heterocycles. The zero-order chi connectivity index (χ0) is 12.5. The summed E-state index contributed by atoms with van der Waals surface area (Å²) in [5.41, 5.74) is 1.96. The standard InChI is InChI=1S/C14H11NO2S/c1-17-14-15-13(8-18-14)11-3-2-10-7-12(16)5-4-9(10)6-11/h2-8,16H,1H3.